The number of carbonyl (C=O) groups excluding carboxylic acids is 1. The standard InChI is InChI=1S/C13H19N3O.2ClH/c14-13(6-1-2-7-13)12(17)16-9-5-11-4-3-8-15-10-11;;/h3-4,8,10H,1-2,5-7,9,14H2,(H,16,17);2*1H. The molecule has 1 aliphatic rings. The van der Waals surface area contributed by atoms with Gasteiger partial charge in [-0.1, -0.05) is 18.9 Å². The molecule has 0 aliphatic heterocycles. The predicted molar refractivity (Wildman–Crippen MR) is 80.8 cm³/mol. The van der Waals surface area contributed by atoms with Crippen LogP contribution in [0, 0.1) is 0 Å². The van der Waals surface area contributed by atoms with Gasteiger partial charge in [-0.15, -0.1) is 24.8 Å². The molecular weight excluding hydrogens is 285 g/mol. The topological polar surface area (TPSA) is 68.0 Å². The average molecular weight is 306 g/mol. The van der Waals surface area contributed by atoms with Crippen LogP contribution in [0.1, 0.15) is 31.2 Å². The summed E-state index contributed by atoms with van der Waals surface area (Å²) in [7, 11) is 0. The zero-order valence-corrected chi connectivity index (χ0v) is 12.4. The van der Waals surface area contributed by atoms with Crippen LogP contribution in [0.15, 0.2) is 24.5 Å². The van der Waals surface area contributed by atoms with Crippen LogP contribution in [-0.4, -0.2) is 23.0 Å². The molecule has 1 aromatic rings. The third kappa shape index (κ3) is 4.97. The molecule has 0 radical (unpaired) electrons. The van der Waals surface area contributed by atoms with Crippen molar-refractivity contribution in [1.82, 2.24) is 10.3 Å². The third-order valence-electron chi connectivity index (χ3n) is 3.37. The van der Waals surface area contributed by atoms with E-state index in [1.807, 2.05) is 18.3 Å². The number of pyridine rings is 1. The zero-order chi connectivity index (χ0) is 12.1. The first-order valence-corrected chi connectivity index (χ1v) is 6.17. The fourth-order valence-electron chi connectivity index (χ4n) is 2.28. The van der Waals surface area contributed by atoms with Gasteiger partial charge in [0.1, 0.15) is 0 Å². The molecule has 0 bridgehead atoms. The summed E-state index contributed by atoms with van der Waals surface area (Å²) in [6.07, 6.45) is 8.11. The second-order valence-corrected chi connectivity index (χ2v) is 4.73. The summed E-state index contributed by atoms with van der Waals surface area (Å²) in [5, 5.41) is 2.92. The molecule has 0 unspecified atom stereocenters. The highest BCUT2D eigenvalue weighted by Gasteiger charge is 2.36. The molecule has 1 saturated carbocycles. The number of nitrogens with two attached hydrogens (primary N) is 1. The maximum Gasteiger partial charge on any atom is 0.240 e. The minimum Gasteiger partial charge on any atom is -0.354 e. The summed E-state index contributed by atoms with van der Waals surface area (Å²) in [6, 6.07) is 3.91. The number of halogens is 2. The van der Waals surface area contributed by atoms with Gasteiger partial charge in [0.25, 0.3) is 0 Å². The van der Waals surface area contributed by atoms with Crippen LogP contribution >= 0.6 is 24.8 Å². The van der Waals surface area contributed by atoms with E-state index in [2.05, 4.69) is 10.3 Å². The number of aromatic nitrogens is 1. The SMILES string of the molecule is Cl.Cl.NC1(C(=O)NCCc2cccnc2)CCCC1. The lowest BCUT2D eigenvalue weighted by molar-refractivity contribution is -0.126. The molecular formula is C13H21Cl2N3O. The molecule has 1 aliphatic carbocycles. The Morgan fingerprint density at radius 3 is 2.63 bits per heavy atom. The van der Waals surface area contributed by atoms with Gasteiger partial charge in [-0.05, 0) is 30.9 Å². The third-order valence-corrected chi connectivity index (χ3v) is 3.37. The molecule has 1 fully saturated rings. The van der Waals surface area contributed by atoms with E-state index in [0.29, 0.717) is 6.54 Å². The molecule has 19 heavy (non-hydrogen) atoms. The average Bonchev–Trinajstić information content (AvgIpc) is 2.79. The Morgan fingerprint density at radius 2 is 2.05 bits per heavy atom. The molecule has 0 aromatic carbocycles. The van der Waals surface area contributed by atoms with E-state index >= 15 is 0 Å². The summed E-state index contributed by atoms with van der Waals surface area (Å²) in [6.45, 7) is 0.628. The van der Waals surface area contributed by atoms with Crippen molar-refractivity contribution in [1.29, 1.82) is 0 Å². The minimum absolute atomic E-state index is 0. The maximum absolute atomic E-state index is 11.9. The summed E-state index contributed by atoms with van der Waals surface area (Å²) in [5.41, 5.74) is 6.57. The van der Waals surface area contributed by atoms with Gasteiger partial charge in [0.15, 0.2) is 0 Å². The number of amides is 1. The van der Waals surface area contributed by atoms with Crippen molar-refractivity contribution in [2.45, 2.75) is 37.6 Å². The second-order valence-electron chi connectivity index (χ2n) is 4.73. The number of carbonyl (C=O) groups is 1. The van der Waals surface area contributed by atoms with Crippen molar-refractivity contribution < 1.29 is 4.79 Å². The van der Waals surface area contributed by atoms with E-state index in [1.54, 1.807) is 6.20 Å². The quantitative estimate of drug-likeness (QED) is 0.892. The van der Waals surface area contributed by atoms with Crippen LogP contribution in [0.2, 0.25) is 0 Å². The lowest BCUT2D eigenvalue weighted by atomic mass is 9.98. The highest BCUT2D eigenvalue weighted by atomic mass is 35.5. The van der Waals surface area contributed by atoms with Crippen molar-refractivity contribution >= 4 is 30.7 Å². The first-order chi connectivity index (χ1) is 8.21. The van der Waals surface area contributed by atoms with Gasteiger partial charge in [-0.25, -0.2) is 0 Å². The molecule has 1 heterocycles. The van der Waals surface area contributed by atoms with Crippen LogP contribution in [0.5, 0.6) is 0 Å². The summed E-state index contributed by atoms with van der Waals surface area (Å²) in [5.74, 6) is -0.00103. The molecule has 0 atom stereocenters. The van der Waals surface area contributed by atoms with Gasteiger partial charge in [0.05, 0.1) is 5.54 Å². The van der Waals surface area contributed by atoms with E-state index in [9.17, 15) is 4.79 Å². The van der Waals surface area contributed by atoms with Crippen molar-refractivity contribution in [3.8, 4) is 0 Å². The van der Waals surface area contributed by atoms with Crippen LogP contribution in [-0.2, 0) is 11.2 Å². The number of nitrogens with one attached hydrogen (secondary N) is 1. The Balaban J connectivity index is 0.00000162. The van der Waals surface area contributed by atoms with E-state index in [4.69, 9.17) is 5.73 Å². The highest BCUT2D eigenvalue weighted by molar-refractivity contribution is 5.86. The summed E-state index contributed by atoms with van der Waals surface area (Å²) in [4.78, 5) is 15.9. The van der Waals surface area contributed by atoms with Crippen molar-refractivity contribution in [3.05, 3.63) is 30.1 Å². The molecule has 6 heteroatoms. The molecule has 0 spiro atoms. The van der Waals surface area contributed by atoms with Gasteiger partial charge in [0.2, 0.25) is 5.91 Å². The minimum atomic E-state index is -0.616. The Morgan fingerprint density at radius 1 is 1.37 bits per heavy atom. The summed E-state index contributed by atoms with van der Waals surface area (Å²) < 4.78 is 0. The summed E-state index contributed by atoms with van der Waals surface area (Å²) >= 11 is 0. The van der Waals surface area contributed by atoms with Crippen LogP contribution in [0.4, 0.5) is 0 Å². The molecule has 4 nitrogen and oxygen atoms in total. The van der Waals surface area contributed by atoms with Crippen LogP contribution in [0.25, 0.3) is 0 Å². The maximum atomic E-state index is 11.9. The Hall–Kier alpha value is -0.840. The number of rotatable bonds is 4. The smallest absolute Gasteiger partial charge is 0.240 e. The van der Waals surface area contributed by atoms with Gasteiger partial charge in [0, 0.05) is 18.9 Å². The zero-order valence-electron chi connectivity index (χ0n) is 10.8. The van der Waals surface area contributed by atoms with Crippen LogP contribution < -0.4 is 11.1 Å². The molecule has 0 saturated heterocycles. The fraction of sp³-hybridized carbons (Fsp3) is 0.538. The van der Waals surface area contributed by atoms with E-state index in [-0.39, 0.29) is 30.7 Å². The van der Waals surface area contributed by atoms with Crippen molar-refractivity contribution in [3.63, 3.8) is 0 Å². The van der Waals surface area contributed by atoms with Crippen LogP contribution in [0.3, 0.4) is 0 Å². The van der Waals surface area contributed by atoms with Gasteiger partial charge < -0.3 is 11.1 Å². The normalized spacial score (nSPS) is 16.1. The van der Waals surface area contributed by atoms with Crippen molar-refractivity contribution in [2.75, 3.05) is 6.54 Å². The molecule has 2 rings (SSSR count). The number of nitrogens with zero attached hydrogens (tertiary/aromatic N) is 1. The molecule has 108 valence electrons. The molecule has 3 N–H and O–H groups in total. The highest BCUT2D eigenvalue weighted by Crippen LogP contribution is 2.27. The fourth-order valence-corrected chi connectivity index (χ4v) is 2.28. The Bertz CT molecular complexity index is 381. The number of hydrogen-bond donors (Lipinski definition) is 2. The van der Waals surface area contributed by atoms with Gasteiger partial charge >= 0.3 is 0 Å². The van der Waals surface area contributed by atoms with Crippen molar-refractivity contribution in [2.24, 2.45) is 5.73 Å². The largest absolute Gasteiger partial charge is 0.354 e. The second kappa shape index (κ2) is 8.35. The monoisotopic (exact) mass is 305 g/mol. The first kappa shape index (κ1) is 18.2. The lowest BCUT2D eigenvalue weighted by Gasteiger charge is -2.22. The van der Waals surface area contributed by atoms with E-state index < -0.39 is 5.54 Å². The van der Waals surface area contributed by atoms with E-state index in [0.717, 1.165) is 37.7 Å². The van der Waals surface area contributed by atoms with E-state index in [1.165, 1.54) is 0 Å². The molecule has 1 amide bonds. The van der Waals surface area contributed by atoms with Gasteiger partial charge in [-0.3, -0.25) is 9.78 Å². The first-order valence-electron chi connectivity index (χ1n) is 6.17. The predicted octanol–water partition coefficient (Wildman–Crippen LogP) is 1.86. The Labute approximate surface area is 126 Å². The molecule has 1 aromatic heterocycles. The lowest BCUT2D eigenvalue weighted by Crippen LogP contribution is -2.52. The number of hydrogen-bond acceptors (Lipinski definition) is 3. The van der Waals surface area contributed by atoms with Gasteiger partial charge in [-0.2, -0.15) is 0 Å². The Kier molecular flexibility index (Phi) is 7.99.